The summed E-state index contributed by atoms with van der Waals surface area (Å²) in [4.78, 5) is 15.0. The van der Waals surface area contributed by atoms with E-state index in [0.29, 0.717) is 11.1 Å². The van der Waals surface area contributed by atoms with Gasteiger partial charge in [-0.1, -0.05) is 133 Å². The number of amidine groups is 2. The van der Waals surface area contributed by atoms with E-state index in [1.807, 2.05) is 133 Å². The number of nitrogen functional groups attached to an aromatic ring is 2. The molecule has 6 N–H and O–H groups in total. The molecule has 0 aliphatic rings. The van der Waals surface area contributed by atoms with Gasteiger partial charge in [0.1, 0.15) is 11.7 Å². The molecule has 6 aromatic carbocycles. The quantitative estimate of drug-likeness (QED) is 0.111. The topological polar surface area (TPSA) is 127 Å². The first-order valence-corrected chi connectivity index (χ1v) is 15.1. The molecule has 7 nitrogen and oxygen atoms in total. The molecular weight excluding hydrogens is 568 g/mol. The molecule has 1 aromatic heterocycles. The lowest BCUT2D eigenvalue weighted by atomic mass is 9.97. The van der Waals surface area contributed by atoms with Crippen molar-refractivity contribution in [3.8, 4) is 22.5 Å². The number of hydrogen-bond acceptors (Lipinski definition) is 3. The minimum absolute atomic E-state index is 0.0559. The molecule has 0 bridgehead atoms. The van der Waals surface area contributed by atoms with Crippen molar-refractivity contribution in [3.63, 3.8) is 0 Å². The molecule has 0 aliphatic heterocycles. The van der Waals surface area contributed by atoms with Crippen molar-refractivity contribution in [3.05, 3.63) is 166 Å². The number of hydrogen-bond donors (Lipinski definition) is 4. The highest BCUT2D eigenvalue weighted by Gasteiger charge is 2.25. The summed E-state index contributed by atoms with van der Waals surface area (Å²) in [6, 6.07) is 43.4. The van der Waals surface area contributed by atoms with Gasteiger partial charge in [-0.05, 0) is 32.7 Å². The van der Waals surface area contributed by atoms with Crippen molar-refractivity contribution >= 4 is 33.2 Å². The van der Waals surface area contributed by atoms with Crippen LogP contribution in [0, 0.1) is 10.8 Å². The molecule has 0 radical (unpaired) electrons. The molecule has 0 saturated carbocycles. The highest BCUT2D eigenvalue weighted by molar-refractivity contribution is 6.03. The fourth-order valence-electron chi connectivity index (χ4n) is 6.50. The van der Waals surface area contributed by atoms with Crippen LogP contribution < -0.4 is 17.2 Å². The summed E-state index contributed by atoms with van der Waals surface area (Å²) in [5, 5.41) is 20.7. The molecule has 0 amide bonds. The molecule has 0 aliphatic carbocycles. The second-order valence-corrected chi connectivity index (χ2v) is 11.3. The van der Waals surface area contributed by atoms with E-state index >= 15 is 0 Å². The summed E-state index contributed by atoms with van der Waals surface area (Å²) in [5.41, 5.74) is 18.1. The number of aromatic nitrogens is 2. The van der Waals surface area contributed by atoms with E-state index in [2.05, 4.69) is 0 Å². The first-order valence-electron chi connectivity index (χ1n) is 15.1. The van der Waals surface area contributed by atoms with E-state index in [1.165, 1.54) is 0 Å². The molecule has 0 saturated heterocycles. The molecule has 224 valence electrons. The van der Waals surface area contributed by atoms with Gasteiger partial charge >= 0.3 is 5.69 Å². The summed E-state index contributed by atoms with van der Waals surface area (Å²) < 4.78 is 3.59. The minimum Gasteiger partial charge on any atom is -0.384 e. The Balaban J connectivity index is 1.57. The average Bonchev–Trinajstić information content (AvgIpc) is 3.35. The van der Waals surface area contributed by atoms with Gasteiger partial charge in [0.05, 0.1) is 24.5 Å². The lowest BCUT2D eigenvalue weighted by Crippen LogP contribution is -2.28. The maximum absolute atomic E-state index is 15.0. The number of fused-ring (bicyclic) bond motifs is 2. The van der Waals surface area contributed by atoms with Gasteiger partial charge in [-0.15, -0.1) is 0 Å². The number of nitrogens with two attached hydrogens (primary N) is 2. The summed E-state index contributed by atoms with van der Waals surface area (Å²) in [6.45, 7) is 0.391. The molecule has 7 rings (SSSR count). The van der Waals surface area contributed by atoms with E-state index in [4.69, 9.17) is 22.3 Å². The lowest BCUT2D eigenvalue weighted by Gasteiger charge is -2.16. The molecule has 0 fully saturated rings. The Morgan fingerprint density at radius 1 is 0.500 bits per heavy atom. The van der Waals surface area contributed by atoms with E-state index in [9.17, 15) is 4.79 Å². The van der Waals surface area contributed by atoms with Crippen molar-refractivity contribution in [2.24, 2.45) is 11.5 Å². The highest BCUT2D eigenvalue weighted by atomic mass is 16.1. The zero-order valence-electron chi connectivity index (χ0n) is 25.1. The smallest absolute Gasteiger partial charge is 0.329 e. The summed E-state index contributed by atoms with van der Waals surface area (Å²) in [7, 11) is 0. The van der Waals surface area contributed by atoms with Gasteiger partial charge in [-0.3, -0.25) is 20.0 Å². The Hall–Kier alpha value is -6.21. The third kappa shape index (κ3) is 4.94. The Morgan fingerprint density at radius 2 is 0.870 bits per heavy atom. The maximum Gasteiger partial charge on any atom is 0.329 e. The van der Waals surface area contributed by atoms with Gasteiger partial charge < -0.3 is 11.5 Å². The number of rotatable bonds is 8. The van der Waals surface area contributed by atoms with Crippen LogP contribution in [-0.2, 0) is 13.1 Å². The lowest BCUT2D eigenvalue weighted by molar-refractivity contribution is 0.692. The van der Waals surface area contributed by atoms with Crippen molar-refractivity contribution < 1.29 is 0 Å². The predicted octanol–water partition coefficient (Wildman–Crippen LogP) is 6.95. The molecule has 0 unspecified atom stereocenters. The van der Waals surface area contributed by atoms with Crippen LogP contribution in [0.3, 0.4) is 0 Å². The summed E-state index contributed by atoms with van der Waals surface area (Å²) in [6.07, 6.45) is 0. The van der Waals surface area contributed by atoms with Gasteiger partial charge in [0.25, 0.3) is 0 Å². The van der Waals surface area contributed by atoms with Crippen LogP contribution >= 0.6 is 0 Å². The van der Waals surface area contributed by atoms with Gasteiger partial charge in [0.2, 0.25) is 0 Å². The largest absolute Gasteiger partial charge is 0.384 e. The Kier molecular flexibility index (Phi) is 7.27. The predicted molar refractivity (Wildman–Crippen MR) is 188 cm³/mol. The standard InChI is InChI=1S/C39H32N6O/c40-37(41)31-21-19-25-11-7-9-17-29(25)33(31)23-44-35(27-13-3-1-4-14-27)36(28-15-5-2-6-16-28)45(39(44)46)24-34-30-18-10-8-12-26(30)20-22-32(34)38(42)43/h1-22H,23-24H2,(H3,40,41)(H3,42,43). The van der Waals surface area contributed by atoms with Gasteiger partial charge in [0.15, 0.2) is 0 Å². The Morgan fingerprint density at radius 3 is 1.26 bits per heavy atom. The van der Waals surface area contributed by atoms with Crippen molar-refractivity contribution in [1.29, 1.82) is 10.8 Å². The Labute approximate surface area is 266 Å². The number of benzene rings is 6. The zero-order valence-corrected chi connectivity index (χ0v) is 25.1. The molecule has 46 heavy (non-hydrogen) atoms. The summed E-state index contributed by atoms with van der Waals surface area (Å²) in [5.74, 6) is -0.112. The van der Waals surface area contributed by atoms with E-state index in [0.717, 1.165) is 55.2 Å². The first kappa shape index (κ1) is 28.6. The second kappa shape index (κ2) is 11.7. The molecular formula is C39H32N6O. The van der Waals surface area contributed by atoms with E-state index < -0.39 is 0 Å². The maximum atomic E-state index is 15.0. The van der Waals surface area contributed by atoms with Gasteiger partial charge in [-0.2, -0.15) is 0 Å². The van der Waals surface area contributed by atoms with E-state index in [1.54, 1.807) is 9.13 Å². The second-order valence-electron chi connectivity index (χ2n) is 11.3. The Bertz CT molecular complexity index is 2170. The monoisotopic (exact) mass is 600 g/mol. The first-order chi connectivity index (χ1) is 22.4. The van der Waals surface area contributed by atoms with Crippen molar-refractivity contribution in [1.82, 2.24) is 9.13 Å². The number of nitrogens with zero attached hydrogens (tertiary/aromatic N) is 2. The SMILES string of the molecule is N=C(N)c1ccc2ccccc2c1Cn1c(-c2ccccc2)c(-c2ccccc2)n(Cc2c(C(=N)N)ccc3ccccc23)c1=O. The van der Waals surface area contributed by atoms with Crippen LogP contribution in [0.4, 0.5) is 0 Å². The van der Waals surface area contributed by atoms with Crippen molar-refractivity contribution in [2.45, 2.75) is 13.1 Å². The molecule has 1 heterocycles. The molecule has 7 heteroatoms. The number of nitrogens with one attached hydrogen (secondary N) is 2. The van der Waals surface area contributed by atoms with Gasteiger partial charge in [-0.25, -0.2) is 4.79 Å². The van der Waals surface area contributed by atoms with Gasteiger partial charge in [0, 0.05) is 22.3 Å². The van der Waals surface area contributed by atoms with Crippen LogP contribution in [0.2, 0.25) is 0 Å². The van der Waals surface area contributed by atoms with Crippen LogP contribution in [0.5, 0.6) is 0 Å². The van der Waals surface area contributed by atoms with Crippen LogP contribution in [0.1, 0.15) is 22.3 Å². The molecule has 7 aromatic rings. The number of imidazole rings is 1. The normalized spacial score (nSPS) is 11.2. The minimum atomic E-state index is -0.220. The molecule has 0 atom stereocenters. The zero-order chi connectivity index (χ0) is 31.8. The average molecular weight is 601 g/mol. The molecule has 0 spiro atoms. The van der Waals surface area contributed by atoms with Crippen LogP contribution in [0.25, 0.3) is 44.1 Å². The fourth-order valence-corrected chi connectivity index (χ4v) is 6.50. The third-order valence-electron chi connectivity index (χ3n) is 8.61. The van der Waals surface area contributed by atoms with Crippen LogP contribution in [0.15, 0.2) is 138 Å². The van der Waals surface area contributed by atoms with Crippen LogP contribution in [-0.4, -0.2) is 20.8 Å². The highest BCUT2D eigenvalue weighted by Crippen LogP contribution is 2.35. The third-order valence-corrected chi connectivity index (χ3v) is 8.61. The van der Waals surface area contributed by atoms with Crippen molar-refractivity contribution in [2.75, 3.05) is 0 Å². The fraction of sp³-hybridized carbons (Fsp3) is 0.0513. The summed E-state index contributed by atoms with van der Waals surface area (Å²) >= 11 is 0. The van der Waals surface area contributed by atoms with E-state index in [-0.39, 0.29) is 30.5 Å².